The second-order valence-electron chi connectivity index (χ2n) is 6.64. The molecular weight excluding hydrogens is 326 g/mol. The van der Waals surface area contributed by atoms with Crippen LogP contribution in [0, 0.1) is 5.41 Å². The normalized spacial score (nSPS) is 17.7. The minimum absolute atomic E-state index is 0.121. The van der Waals surface area contributed by atoms with Crippen molar-refractivity contribution in [3.05, 3.63) is 48.2 Å². The van der Waals surface area contributed by atoms with E-state index < -0.39 is 10.0 Å². The van der Waals surface area contributed by atoms with Gasteiger partial charge in [0.1, 0.15) is 11.5 Å². The molecule has 1 aromatic heterocycles. The van der Waals surface area contributed by atoms with E-state index in [2.05, 4.69) is 4.72 Å². The maximum Gasteiger partial charge on any atom is 0.212 e. The van der Waals surface area contributed by atoms with Crippen LogP contribution in [0.4, 0.5) is 0 Å². The maximum absolute atomic E-state index is 12.4. The second-order valence-corrected chi connectivity index (χ2v) is 8.44. The van der Waals surface area contributed by atoms with Crippen molar-refractivity contribution in [2.75, 3.05) is 19.0 Å². The molecule has 0 radical (unpaired) electrons. The molecule has 0 spiro atoms. The molecule has 0 amide bonds. The summed E-state index contributed by atoms with van der Waals surface area (Å²) in [5.74, 6) is 1.46. The molecular formula is C18H23NO4S. The minimum atomic E-state index is -3.36. The summed E-state index contributed by atoms with van der Waals surface area (Å²) in [6.07, 6.45) is 1.54. The Labute approximate surface area is 143 Å². The highest BCUT2D eigenvalue weighted by Gasteiger charge is 2.32. The number of benzene rings is 1. The van der Waals surface area contributed by atoms with Crippen LogP contribution in [0.25, 0.3) is 11.3 Å². The summed E-state index contributed by atoms with van der Waals surface area (Å²) in [5, 5.41) is 0. The quantitative estimate of drug-likeness (QED) is 0.870. The average Bonchev–Trinajstić information content (AvgIpc) is 3.03. The second kappa shape index (κ2) is 7.09. The van der Waals surface area contributed by atoms with Crippen molar-refractivity contribution in [2.24, 2.45) is 5.41 Å². The Balaban J connectivity index is 1.60. The summed E-state index contributed by atoms with van der Waals surface area (Å²) in [4.78, 5) is 0. The highest BCUT2D eigenvalue weighted by Crippen LogP contribution is 2.31. The van der Waals surface area contributed by atoms with Crippen molar-refractivity contribution in [2.45, 2.75) is 26.3 Å². The number of furan rings is 1. The van der Waals surface area contributed by atoms with Crippen molar-refractivity contribution in [3.8, 4) is 11.3 Å². The zero-order valence-corrected chi connectivity index (χ0v) is 14.6. The first-order chi connectivity index (χ1) is 11.5. The first-order valence-electron chi connectivity index (χ1n) is 8.15. The molecule has 0 saturated carbocycles. The first-order valence-corrected chi connectivity index (χ1v) is 9.80. The average molecular weight is 349 g/mol. The minimum Gasteiger partial charge on any atom is -0.460 e. The molecule has 2 heterocycles. The van der Waals surface area contributed by atoms with Crippen molar-refractivity contribution in [1.29, 1.82) is 0 Å². The van der Waals surface area contributed by atoms with Gasteiger partial charge in [-0.25, -0.2) is 13.1 Å². The third kappa shape index (κ3) is 4.47. The summed E-state index contributed by atoms with van der Waals surface area (Å²) in [5.41, 5.74) is 0.754. The Bertz CT molecular complexity index is 761. The highest BCUT2D eigenvalue weighted by molar-refractivity contribution is 7.89. The number of hydrogen-bond donors (Lipinski definition) is 1. The van der Waals surface area contributed by atoms with Crippen LogP contribution in [0.2, 0.25) is 0 Å². The smallest absolute Gasteiger partial charge is 0.212 e. The lowest BCUT2D eigenvalue weighted by Crippen LogP contribution is -2.38. The fourth-order valence-electron chi connectivity index (χ4n) is 2.93. The summed E-state index contributed by atoms with van der Waals surface area (Å²) in [6, 6.07) is 13.4. The van der Waals surface area contributed by atoms with E-state index in [0.29, 0.717) is 19.0 Å². The van der Waals surface area contributed by atoms with Gasteiger partial charge < -0.3 is 9.15 Å². The molecule has 1 saturated heterocycles. The molecule has 1 fully saturated rings. The molecule has 130 valence electrons. The van der Waals surface area contributed by atoms with Gasteiger partial charge in [0, 0.05) is 18.8 Å². The molecule has 0 bridgehead atoms. The van der Waals surface area contributed by atoms with Crippen LogP contribution < -0.4 is 4.72 Å². The van der Waals surface area contributed by atoms with Crippen molar-refractivity contribution in [3.63, 3.8) is 0 Å². The van der Waals surface area contributed by atoms with Crippen molar-refractivity contribution in [1.82, 2.24) is 4.72 Å². The summed E-state index contributed by atoms with van der Waals surface area (Å²) >= 11 is 0. The molecule has 1 aliphatic rings. The Morgan fingerprint density at radius 1 is 1.08 bits per heavy atom. The Hall–Kier alpha value is -1.63. The SMILES string of the molecule is CC1(CS(=O)(=O)NCc2ccc(-c3ccccc3)o2)CCOCC1. The molecule has 0 aliphatic carbocycles. The van der Waals surface area contributed by atoms with E-state index in [4.69, 9.17) is 9.15 Å². The van der Waals surface area contributed by atoms with Gasteiger partial charge in [-0.2, -0.15) is 0 Å². The third-order valence-corrected chi connectivity index (χ3v) is 6.09. The maximum atomic E-state index is 12.4. The zero-order chi connectivity index (χ0) is 17.0. The topological polar surface area (TPSA) is 68.5 Å². The van der Waals surface area contributed by atoms with Gasteiger partial charge in [-0.1, -0.05) is 37.3 Å². The van der Waals surface area contributed by atoms with Gasteiger partial charge in [-0.3, -0.25) is 0 Å². The lowest BCUT2D eigenvalue weighted by molar-refractivity contribution is 0.0340. The molecule has 1 aliphatic heterocycles. The van der Waals surface area contributed by atoms with E-state index in [1.165, 1.54) is 0 Å². The van der Waals surface area contributed by atoms with E-state index in [0.717, 1.165) is 24.2 Å². The summed E-state index contributed by atoms with van der Waals surface area (Å²) in [6.45, 7) is 3.44. The van der Waals surface area contributed by atoms with Crippen LogP contribution in [0.5, 0.6) is 0 Å². The van der Waals surface area contributed by atoms with Gasteiger partial charge in [-0.15, -0.1) is 0 Å². The van der Waals surface area contributed by atoms with Gasteiger partial charge in [0.25, 0.3) is 0 Å². The molecule has 1 N–H and O–H groups in total. The zero-order valence-electron chi connectivity index (χ0n) is 13.8. The predicted octanol–water partition coefficient (Wildman–Crippen LogP) is 3.18. The highest BCUT2D eigenvalue weighted by atomic mass is 32.2. The molecule has 2 aromatic rings. The number of ether oxygens (including phenoxy) is 1. The van der Waals surface area contributed by atoms with Crippen LogP contribution in [0.1, 0.15) is 25.5 Å². The van der Waals surface area contributed by atoms with Crippen LogP contribution >= 0.6 is 0 Å². The number of nitrogens with one attached hydrogen (secondary N) is 1. The number of sulfonamides is 1. The lowest BCUT2D eigenvalue weighted by atomic mass is 9.85. The van der Waals surface area contributed by atoms with Gasteiger partial charge in [0.15, 0.2) is 0 Å². The van der Waals surface area contributed by atoms with Crippen LogP contribution in [0.3, 0.4) is 0 Å². The Morgan fingerprint density at radius 2 is 1.79 bits per heavy atom. The molecule has 1 aromatic carbocycles. The molecule has 24 heavy (non-hydrogen) atoms. The number of rotatable bonds is 6. The first kappa shape index (κ1) is 17.2. The molecule has 6 heteroatoms. The molecule has 3 rings (SSSR count). The fourth-order valence-corrected chi connectivity index (χ4v) is 4.60. The van der Waals surface area contributed by atoms with Crippen LogP contribution in [-0.4, -0.2) is 27.4 Å². The van der Waals surface area contributed by atoms with Gasteiger partial charge in [-0.05, 0) is 30.4 Å². The van der Waals surface area contributed by atoms with Crippen molar-refractivity contribution >= 4 is 10.0 Å². The van der Waals surface area contributed by atoms with E-state index >= 15 is 0 Å². The standard InChI is InChI=1S/C18H23NO4S/c1-18(9-11-22-12-10-18)14-24(20,21)19-13-16-7-8-17(23-16)15-5-3-2-4-6-15/h2-8,19H,9-14H2,1H3. The van der Waals surface area contributed by atoms with Crippen molar-refractivity contribution < 1.29 is 17.6 Å². The van der Waals surface area contributed by atoms with Gasteiger partial charge in [0.2, 0.25) is 10.0 Å². The molecule has 0 atom stereocenters. The van der Waals surface area contributed by atoms with Gasteiger partial charge in [0.05, 0.1) is 12.3 Å². The largest absolute Gasteiger partial charge is 0.460 e. The third-order valence-electron chi connectivity index (χ3n) is 4.42. The molecule has 5 nitrogen and oxygen atoms in total. The van der Waals surface area contributed by atoms with E-state index in [-0.39, 0.29) is 17.7 Å². The monoisotopic (exact) mass is 349 g/mol. The Morgan fingerprint density at radius 3 is 2.50 bits per heavy atom. The molecule has 0 unspecified atom stereocenters. The summed E-state index contributed by atoms with van der Waals surface area (Å²) in [7, 11) is -3.36. The summed E-state index contributed by atoms with van der Waals surface area (Å²) < 4.78 is 38.4. The predicted molar refractivity (Wildman–Crippen MR) is 92.9 cm³/mol. The van der Waals surface area contributed by atoms with E-state index in [1.807, 2.05) is 43.3 Å². The van der Waals surface area contributed by atoms with Crippen LogP contribution in [-0.2, 0) is 21.3 Å². The van der Waals surface area contributed by atoms with Gasteiger partial charge >= 0.3 is 0 Å². The number of hydrogen-bond acceptors (Lipinski definition) is 4. The Kier molecular flexibility index (Phi) is 5.08. The fraction of sp³-hybridized carbons (Fsp3) is 0.444. The van der Waals surface area contributed by atoms with Crippen LogP contribution in [0.15, 0.2) is 46.9 Å². The van der Waals surface area contributed by atoms with E-state index in [1.54, 1.807) is 6.07 Å². The van der Waals surface area contributed by atoms with E-state index in [9.17, 15) is 8.42 Å². The lowest BCUT2D eigenvalue weighted by Gasteiger charge is -2.32.